The molecule has 5 heteroatoms. The van der Waals surface area contributed by atoms with Crippen LogP contribution in [0, 0.1) is 0 Å². The van der Waals surface area contributed by atoms with Crippen molar-refractivity contribution in [3.63, 3.8) is 0 Å². The molecule has 4 nitrogen and oxygen atoms in total. The topological polar surface area (TPSA) is 64.7 Å². The van der Waals surface area contributed by atoms with Gasteiger partial charge in [-0.2, -0.15) is 0 Å². The fraction of sp³-hybridized carbons (Fsp3) is 0.364. The number of thiazole rings is 1. The molecule has 1 atom stereocenters. The molecule has 82 valence electrons. The highest BCUT2D eigenvalue weighted by molar-refractivity contribution is 7.15. The zero-order chi connectivity index (χ0) is 11.0. The Labute approximate surface area is 97.6 Å². The highest BCUT2D eigenvalue weighted by atomic mass is 32.1. The van der Waals surface area contributed by atoms with Gasteiger partial charge in [-0.3, -0.25) is 0 Å². The van der Waals surface area contributed by atoms with E-state index in [1.54, 1.807) is 23.9 Å². The largest absolute Gasteiger partial charge is 0.323 e. The maximum Gasteiger partial charge on any atom is 0.142 e. The normalized spacial score (nSPS) is 19.4. The van der Waals surface area contributed by atoms with E-state index in [-0.39, 0.29) is 6.04 Å². The van der Waals surface area contributed by atoms with Crippen LogP contribution in [-0.4, -0.2) is 15.0 Å². The van der Waals surface area contributed by atoms with Crippen LogP contribution in [0.4, 0.5) is 0 Å². The average Bonchev–Trinajstić information content (AvgIpc) is 2.76. The van der Waals surface area contributed by atoms with Gasteiger partial charge in [0.15, 0.2) is 0 Å². The molecule has 0 amide bonds. The SMILES string of the molecule is NC1CCCc2sc(-c3ccncn3)nc21. The minimum absolute atomic E-state index is 0.107. The molecule has 2 heterocycles. The first-order valence-electron chi connectivity index (χ1n) is 5.36. The molecule has 0 spiro atoms. The molecular weight excluding hydrogens is 220 g/mol. The van der Waals surface area contributed by atoms with Gasteiger partial charge in [0.2, 0.25) is 0 Å². The molecule has 2 N–H and O–H groups in total. The molecule has 16 heavy (non-hydrogen) atoms. The molecule has 0 bridgehead atoms. The van der Waals surface area contributed by atoms with Crippen LogP contribution in [0.1, 0.15) is 29.5 Å². The van der Waals surface area contributed by atoms with Crippen LogP contribution in [0.3, 0.4) is 0 Å². The second kappa shape index (κ2) is 3.92. The monoisotopic (exact) mass is 232 g/mol. The summed E-state index contributed by atoms with van der Waals surface area (Å²) in [6.07, 6.45) is 6.60. The molecule has 0 saturated carbocycles. The van der Waals surface area contributed by atoms with Crippen molar-refractivity contribution in [2.24, 2.45) is 5.73 Å². The summed E-state index contributed by atoms with van der Waals surface area (Å²) in [5, 5.41) is 0.963. The number of hydrogen-bond acceptors (Lipinski definition) is 5. The minimum atomic E-state index is 0.107. The molecule has 0 saturated heterocycles. The zero-order valence-corrected chi connectivity index (χ0v) is 9.57. The summed E-state index contributed by atoms with van der Waals surface area (Å²) < 4.78 is 0. The van der Waals surface area contributed by atoms with Gasteiger partial charge in [0.25, 0.3) is 0 Å². The maximum atomic E-state index is 6.05. The van der Waals surface area contributed by atoms with Crippen molar-refractivity contribution in [2.45, 2.75) is 25.3 Å². The van der Waals surface area contributed by atoms with Crippen molar-refractivity contribution < 1.29 is 0 Å². The summed E-state index contributed by atoms with van der Waals surface area (Å²) in [6.45, 7) is 0. The summed E-state index contributed by atoms with van der Waals surface area (Å²) in [6, 6.07) is 1.99. The number of rotatable bonds is 1. The van der Waals surface area contributed by atoms with Gasteiger partial charge < -0.3 is 5.73 Å². The van der Waals surface area contributed by atoms with Crippen LogP contribution < -0.4 is 5.73 Å². The number of aromatic nitrogens is 3. The second-order valence-corrected chi connectivity index (χ2v) is 5.00. The van der Waals surface area contributed by atoms with Gasteiger partial charge in [-0.15, -0.1) is 11.3 Å². The van der Waals surface area contributed by atoms with E-state index in [2.05, 4.69) is 15.0 Å². The van der Waals surface area contributed by atoms with Crippen molar-refractivity contribution in [2.75, 3.05) is 0 Å². The molecule has 2 aromatic rings. The summed E-state index contributed by atoms with van der Waals surface area (Å²) in [5.41, 5.74) is 8.01. The van der Waals surface area contributed by atoms with Crippen molar-refractivity contribution >= 4 is 11.3 Å². The highest BCUT2D eigenvalue weighted by Gasteiger charge is 2.22. The Balaban J connectivity index is 2.05. The molecule has 0 fully saturated rings. The summed E-state index contributed by atoms with van der Waals surface area (Å²) in [5.74, 6) is 0. The van der Waals surface area contributed by atoms with Crippen LogP contribution in [0.2, 0.25) is 0 Å². The van der Waals surface area contributed by atoms with Crippen molar-refractivity contribution in [1.29, 1.82) is 0 Å². The van der Waals surface area contributed by atoms with E-state index >= 15 is 0 Å². The van der Waals surface area contributed by atoms with Crippen LogP contribution in [0.15, 0.2) is 18.6 Å². The Morgan fingerprint density at radius 2 is 2.38 bits per heavy atom. The molecule has 3 rings (SSSR count). The Bertz CT molecular complexity index is 494. The Morgan fingerprint density at radius 3 is 3.12 bits per heavy atom. The van der Waals surface area contributed by atoms with E-state index in [1.807, 2.05) is 6.07 Å². The number of fused-ring (bicyclic) bond motifs is 1. The Hall–Kier alpha value is -1.33. The standard InChI is InChI=1S/C11H12N4S/c12-7-2-1-3-9-10(7)15-11(16-9)8-4-5-13-6-14-8/h4-7H,1-3,12H2. The van der Waals surface area contributed by atoms with Crippen molar-refractivity contribution in [3.05, 3.63) is 29.2 Å². The van der Waals surface area contributed by atoms with Crippen LogP contribution in [0.25, 0.3) is 10.7 Å². The zero-order valence-electron chi connectivity index (χ0n) is 8.76. The van der Waals surface area contributed by atoms with E-state index < -0.39 is 0 Å². The van der Waals surface area contributed by atoms with E-state index in [1.165, 1.54) is 11.3 Å². The smallest absolute Gasteiger partial charge is 0.142 e. The molecular formula is C11H12N4S. The van der Waals surface area contributed by atoms with Gasteiger partial charge in [0.05, 0.1) is 5.69 Å². The lowest BCUT2D eigenvalue weighted by Crippen LogP contribution is -2.16. The third kappa shape index (κ3) is 1.62. The third-order valence-corrected chi connectivity index (χ3v) is 3.95. The van der Waals surface area contributed by atoms with Gasteiger partial charge in [-0.1, -0.05) is 0 Å². The van der Waals surface area contributed by atoms with Crippen molar-refractivity contribution in [1.82, 2.24) is 15.0 Å². The molecule has 1 aliphatic rings. The first-order chi connectivity index (χ1) is 7.84. The summed E-state index contributed by atoms with van der Waals surface area (Å²) in [4.78, 5) is 14.1. The molecule has 1 aliphatic carbocycles. The van der Waals surface area contributed by atoms with Gasteiger partial charge in [-0.25, -0.2) is 15.0 Å². The van der Waals surface area contributed by atoms with E-state index in [9.17, 15) is 0 Å². The first kappa shape index (κ1) is 9.86. The second-order valence-electron chi connectivity index (χ2n) is 3.92. The predicted octanol–water partition coefficient (Wildman–Crippen LogP) is 1.94. The lowest BCUT2D eigenvalue weighted by molar-refractivity contribution is 0.564. The molecule has 1 unspecified atom stereocenters. The fourth-order valence-electron chi connectivity index (χ4n) is 1.98. The van der Waals surface area contributed by atoms with Crippen LogP contribution in [-0.2, 0) is 6.42 Å². The van der Waals surface area contributed by atoms with Gasteiger partial charge in [-0.05, 0) is 25.3 Å². The predicted molar refractivity (Wildman–Crippen MR) is 63.0 cm³/mol. The van der Waals surface area contributed by atoms with E-state index in [4.69, 9.17) is 5.73 Å². The molecule has 0 radical (unpaired) electrons. The quantitative estimate of drug-likeness (QED) is 0.816. The summed E-state index contributed by atoms with van der Waals surface area (Å²) in [7, 11) is 0. The number of nitrogens with zero attached hydrogens (tertiary/aromatic N) is 3. The maximum absolute atomic E-state index is 6.05. The number of hydrogen-bond donors (Lipinski definition) is 1. The average molecular weight is 232 g/mol. The Kier molecular flexibility index (Phi) is 2.41. The molecule has 0 aliphatic heterocycles. The highest BCUT2D eigenvalue weighted by Crippen LogP contribution is 2.35. The van der Waals surface area contributed by atoms with Crippen molar-refractivity contribution in [3.8, 4) is 10.7 Å². The Morgan fingerprint density at radius 1 is 1.44 bits per heavy atom. The fourth-order valence-corrected chi connectivity index (χ4v) is 3.13. The van der Waals surface area contributed by atoms with Crippen LogP contribution in [0.5, 0.6) is 0 Å². The molecule has 0 aromatic carbocycles. The number of nitrogens with two attached hydrogens (primary N) is 1. The minimum Gasteiger partial charge on any atom is -0.323 e. The van der Waals surface area contributed by atoms with E-state index in [0.29, 0.717) is 0 Å². The molecule has 2 aromatic heterocycles. The van der Waals surface area contributed by atoms with Gasteiger partial charge in [0.1, 0.15) is 17.0 Å². The third-order valence-electron chi connectivity index (χ3n) is 2.80. The van der Waals surface area contributed by atoms with Gasteiger partial charge in [0, 0.05) is 17.1 Å². The van der Waals surface area contributed by atoms with E-state index in [0.717, 1.165) is 29.2 Å². The first-order valence-corrected chi connectivity index (χ1v) is 6.18. The summed E-state index contributed by atoms with van der Waals surface area (Å²) >= 11 is 1.71. The lowest BCUT2D eigenvalue weighted by Gasteiger charge is -2.15. The lowest BCUT2D eigenvalue weighted by atomic mass is 9.99. The van der Waals surface area contributed by atoms with Gasteiger partial charge >= 0.3 is 0 Å². The number of aryl methyl sites for hydroxylation is 1. The van der Waals surface area contributed by atoms with Crippen LogP contribution >= 0.6 is 11.3 Å².